The molecule has 0 aliphatic carbocycles. The zero-order valence-corrected chi connectivity index (χ0v) is 13.8. The molecule has 0 amide bonds. The molecule has 0 bridgehead atoms. The van der Waals surface area contributed by atoms with Gasteiger partial charge in [-0.05, 0) is 36.5 Å². The van der Waals surface area contributed by atoms with Crippen LogP contribution in [-0.2, 0) is 9.47 Å². The largest absolute Gasteiger partial charge is 0.353 e. The fourth-order valence-electron chi connectivity index (χ4n) is 2.31. The van der Waals surface area contributed by atoms with Crippen LogP contribution in [0.15, 0.2) is 0 Å². The normalized spacial score (nSPS) is 20.2. The second kappa shape index (κ2) is 12.7. The standard InChI is InChI=1S/C15H29IO2/c16-12-8-5-3-1-2-4-6-9-13-17-15-11-7-10-14-18-15/h15H,1-14H2/t15-/m1/s1. The number of ether oxygens (including phenoxy) is 2. The van der Waals surface area contributed by atoms with E-state index in [9.17, 15) is 0 Å². The van der Waals surface area contributed by atoms with Crippen LogP contribution in [0.25, 0.3) is 0 Å². The van der Waals surface area contributed by atoms with Gasteiger partial charge in [-0.2, -0.15) is 0 Å². The van der Waals surface area contributed by atoms with Gasteiger partial charge in [0.15, 0.2) is 6.29 Å². The molecular weight excluding hydrogens is 339 g/mol. The minimum absolute atomic E-state index is 0.104. The zero-order chi connectivity index (χ0) is 12.9. The molecule has 0 saturated carbocycles. The molecule has 1 aliphatic heterocycles. The first kappa shape index (κ1) is 16.7. The van der Waals surface area contributed by atoms with Gasteiger partial charge in [0.25, 0.3) is 0 Å². The van der Waals surface area contributed by atoms with Crippen LogP contribution in [0, 0.1) is 0 Å². The Morgan fingerprint density at radius 3 is 2.17 bits per heavy atom. The molecule has 0 spiro atoms. The molecule has 0 N–H and O–H groups in total. The summed E-state index contributed by atoms with van der Waals surface area (Å²) in [6.07, 6.45) is 14.6. The van der Waals surface area contributed by atoms with Crippen LogP contribution < -0.4 is 0 Å². The van der Waals surface area contributed by atoms with Crippen molar-refractivity contribution in [3.63, 3.8) is 0 Å². The third kappa shape index (κ3) is 9.56. The summed E-state index contributed by atoms with van der Waals surface area (Å²) in [6, 6.07) is 0. The molecule has 1 saturated heterocycles. The summed E-state index contributed by atoms with van der Waals surface area (Å²) in [4.78, 5) is 0. The van der Waals surface area contributed by atoms with Crippen LogP contribution in [0.4, 0.5) is 0 Å². The first-order chi connectivity index (χ1) is 8.93. The van der Waals surface area contributed by atoms with E-state index in [0.717, 1.165) is 19.6 Å². The first-order valence-electron chi connectivity index (χ1n) is 7.72. The smallest absolute Gasteiger partial charge is 0.157 e. The number of alkyl halides is 1. The SMILES string of the molecule is ICCCCCCCCCCO[C@H]1CCCCO1. The van der Waals surface area contributed by atoms with Crippen LogP contribution in [0.5, 0.6) is 0 Å². The second-order valence-electron chi connectivity index (χ2n) is 5.18. The molecule has 0 aromatic carbocycles. The van der Waals surface area contributed by atoms with Crippen molar-refractivity contribution in [1.82, 2.24) is 0 Å². The summed E-state index contributed by atoms with van der Waals surface area (Å²) >= 11 is 2.47. The summed E-state index contributed by atoms with van der Waals surface area (Å²) in [5, 5.41) is 0. The van der Waals surface area contributed by atoms with Crippen molar-refractivity contribution in [2.24, 2.45) is 0 Å². The molecule has 108 valence electrons. The molecule has 1 heterocycles. The summed E-state index contributed by atoms with van der Waals surface area (Å²) < 4.78 is 12.6. The van der Waals surface area contributed by atoms with Gasteiger partial charge in [0, 0.05) is 13.2 Å². The molecule has 18 heavy (non-hydrogen) atoms. The van der Waals surface area contributed by atoms with Crippen molar-refractivity contribution in [2.75, 3.05) is 17.6 Å². The molecule has 1 rings (SSSR count). The van der Waals surface area contributed by atoms with E-state index < -0.39 is 0 Å². The molecule has 0 radical (unpaired) electrons. The zero-order valence-electron chi connectivity index (χ0n) is 11.7. The Morgan fingerprint density at radius 2 is 1.56 bits per heavy atom. The molecule has 3 heteroatoms. The fourth-order valence-corrected chi connectivity index (χ4v) is 2.85. The van der Waals surface area contributed by atoms with E-state index in [1.165, 1.54) is 68.6 Å². The summed E-state index contributed by atoms with van der Waals surface area (Å²) in [5.74, 6) is 0. The maximum Gasteiger partial charge on any atom is 0.157 e. The van der Waals surface area contributed by atoms with E-state index in [0.29, 0.717) is 0 Å². The minimum atomic E-state index is 0.104. The summed E-state index contributed by atoms with van der Waals surface area (Å²) in [6.45, 7) is 1.78. The third-order valence-corrected chi connectivity index (χ3v) is 4.23. The van der Waals surface area contributed by atoms with Gasteiger partial charge in [-0.3, -0.25) is 0 Å². The van der Waals surface area contributed by atoms with Crippen LogP contribution in [-0.4, -0.2) is 23.9 Å². The van der Waals surface area contributed by atoms with E-state index >= 15 is 0 Å². The van der Waals surface area contributed by atoms with Crippen molar-refractivity contribution in [1.29, 1.82) is 0 Å². The van der Waals surface area contributed by atoms with E-state index in [4.69, 9.17) is 9.47 Å². The molecule has 1 aliphatic rings. The maximum atomic E-state index is 5.72. The lowest BCUT2D eigenvalue weighted by molar-refractivity contribution is -0.162. The summed E-state index contributed by atoms with van der Waals surface area (Å²) in [7, 11) is 0. The van der Waals surface area contributed by atoms with Crippen LogP contribution >= 0.6 is 22.6 Å². The van der Waals surface area contributed by atoms with Crippen molar-refractivity contribution in [3.8, 4) is 0 Å². The van der Waals surface area contributed by atoms with Gasteiger partial charge in [0.2, 0.25) is 0 Å². The lowest BCUT2D eigenvalue weighted by atomic mass is 10.1. The van der Waals surface area contributed by atoms with Crippen molar-refractivity contribution >= 4 is 22.6 Å². The molecular formula is C15H29IO2. The predicted octanol–water partition coefficient (Wildman–Crippen LogP) is 5.09. The van der Waals surface area contributed by atoms with Crippen LogP contribution in [0.1, 0.15) is 70.6 Å². The quantitative estimate of drug-likeness (QED) is 0.287. The minimum Gasteiger partial charge on any atom is -0.353 e. The van der Waals surface area contributed by atoms with Gasteiger partial charge in [-0.1, -0.05) is 61.1 Å². The highest BCUT2D eigenvalue weighted by Crippen LogP contribution is 2.14. The third-order valence-electron chi connectivity index (χ3n) is 3.47. The fraction of sp³-hybridized carbons (Fsp3) is 1.00. The number of rotatable bonds is 11. The van der Waals surface area contributed by atoms with Crippen molar-refractivity contribution in [3.05, 3.63) is 0 Å². The highest BCUT2D eigenvalue weighted by molar-refractivity contribution is 14.1. The number of halogens is 1. The first-order valence-corrected chi connectivity index (χ1v) is 9.25. The Morgan fingerprint density at radius 1 is 0.889 bits per heavy atom. The molecule has 0 aromatic heterocycles. The number of unbranched alkanes of at least 4 members (excludes halogenated alkanes) is 7. The topological polar surface area (TPSA) is 18.5 Å². The highest BCUT2D eigenvalue weighted by Gasteiger charge is 2.13. The second-order valence-corrected chi connectivity index (χ2v) is 6.26. The highest BCUT2D eigenvalue weighted by atomic mass is 127. The van der Waals surface area contributed by atoms with E-state index in [-0.39, 0.29) is 6.29 Å². The van der Waals surface area contributed by atoms with Crippen molar-refractivity contribution in [2.45, 2.75) is 76.9 Å². The lowest BCUT2D eigenvalue weighted by Crippen LogP contribution is -2.22. The van der Waals surface area contributed by atoms with Crippen LogP contribution in [0.2, 0.25) is 0 Å². The Labute approximate surface area is 126 Å². The van der Waals surface area contributed by atoms with Gasteiger partial charge in [-0.25, -0.2) is 0 Å². The van der Waals surface area contributed by atoms with Gasteiger partial charge in [-0.15, -0.1) is 0 Å². The van der Waals surface area contributed by atoms with Gasteiger partial charge in [0.1, 0.15) is 0 Å². The average Bonchev–Trinajstić information content (AvgIpc) is 2.42. The molecule has 1 fully saturated rings. The van der Waals surface area contributed by atoms with Crippen molar-refractivity contribution < 1.29 is 9.47 Å². The Balaban J connectivity index is 1.73. The molecule has 0 aromatic rings. The summed E-state index contributed by atoms with van der Waals surface area (Å²) in [5.41, 5.74) is 0. The predicted molar refractivity (Wildman–Crippen MR) is 85.4 cm³/mol. The Bertz CT molecular complexity index is 170. The lowest BCUT2D eigenvalue weighted by Gasteiger charge is -2.22. The Hall–Kier alpha value is 0.650. The van der Waals surface area contributed by atoms with Gasteiger partial charge < -0.3 is 9.47 Å². The van der Waals surface area contributed by atoms with E-state index in [1.54, 1.807) is 0 Å². The molecule has 0 unspecified atom stereocenters. The molecule has 2 nitrogen and oxygen atoms in total. The van der Waals surface area contributed by atoms with E-state index in [1.807, 2.05) is 0 Å². The number of hydrogen-bond acceptors (Lipinski definition) is 2. The van der Waals surface area contributed by atoms with E-state index in [2.05, 4.69) is 22.6 Å². The monoisotopic (exact) mass is 368 g/mol. The van der Waals surface area contributed by atoms with Crippen LogP contribution in [0.3, 0.4) is 0 Å². The van der Waals surface area contributed by atoms with Gasteiger partial charge >= 0.3 is 0 Å². The maximum absolute atomic E-state index is 5.72. The average molecular weight is 368 g/mol. The van der Waals surface area contributed by atoms with Gasteiger partial charge in [0.05, 0.1) is 0 Å². The Kier molecular flexibility index (Phi) is 11.8. The number of hydrogen-bond donors (Lipinski definition) is 0. The molecule has 1 atom stereocenters.